The van der Waals surface area contributed by atoms with Crippen LogP contribution in [-0.4, -0.2) is 4.98 Å². The zero-order chi connectivity index (χ0) is 14.6. The third-order valence-electron chi connectivity index (χ3n) is 5.18. The molecule has 2 nitrogen and oxygen atoms in total. The maximum absolute atomic E-state index is 6.54. The zero-order valence-electron chi connectivity index (χ0n) is 13.2. The summed E-state index contributed by atoms with van der Waals surface area (Å²) in [6, 6.07) is 8.28. The highest BCUT2D eigenvalue weighted by Crippen LogP contribution is 2.47. The second-order valence-corrected chi connectivity index (χ2v) is 6.90. The SMILES string of the molecule is CC(C)C1=CC2Cc3nc4ccccc4c(N)c3C(C1)C2.Cl. The van der Waals surface area contributed by atoms with Gasteiger partial charge in [-0.15, -0.1) is 12.4 Å². The molecule has 3 heteroatoms. The van der Waals surface area contributed by atoms with Crippen LogP contribution in [0.2, 0.25) is 0 Å². The van der Waals surface area contributed by atoms with E-state index in [9.17, 15) is 0 Å². The lowest BCUT2D eigenvalue weighted by Crippen LogP contribution is -2.25. The summed E-state index contributed by atoms with van der Waals surface area (Å²) in [4.78, 5) is 4.92. The van der Waals surface area contributed by atoms with Crippen LogP contribution in [0.1, 0.15) is 43.9 Å². The lowest BCUT2D eigenvalue weighted by molar-refractivity contribution is 0.417. The van der Waals surface area contributed by atoms with Crippen molar-refractivity contribution in [1.29, 1.82) is 0 Å². The highest BCUT2D eigenvalue weighted by Gasteiger charge is 2.34. The fourth-order valence-corrected chi connectivity index (χ4v) is 4.13. The molecule has 0 saturated heterocycles. The molecule has 1 aromatic carbocycles. The van der Waals surface area contributed by atoms with Crippen LogP contribution in [0.4, 0.5) is 5.69 Å². The van der Waals surface area contributed by atoms with Gasteiger partial charge in [0.15, 0.2) is 0 Å². The van der Waals surface area contributed by atoms with Crippen LogP contribution in [-0.2, 0) is 6.42 Å². The van der Waals surface area contributed by atoms with E-state index in [1.54, 1.807) is 5.57 Å². The van der Waals surface area contributed by atoms with E-state index in [2.05, 4.69) is 38.1 Å². The largest absolute Gasteiger partial charge is 0.398 e. The number of hydrogen-bond donors (Lipinski definition) is 1. The number of rotatable bonds is 1. The van der Waals surface area contributed by atoms with Crippen molar-refractivity contribution in [3.05, 3.63) is 47.2 Å². The Labute approximate surface area is 138 Å². The number of para-hydroxylation sites is 1. The van der Waals surface area contributed by atoms with E-state index in [-0.39, 0.29) is 12.4 Å². The fraction of sp³-hybridized carbons (Fsp3) is 0.421. The average Bonchev–Trinajstić information content (AvgIpc) is 2.46. The van der Waals surface area contributed by atoms with Gasteiger partial charge in [-0.1, -0.05) is 43.7 Å². The van der Waals surface area contributed by atoms with Crippen LogP contribution in [0.5, 0.6) is 0 Å². The van der Waals surface area contributed by atoms with Gasteiger partial charge in [-0.05, 0) is 43.1 Å². The van der Waals surface area contributed by atoms with Crippen molar-refractivity contribution in [1.82, 2.24) is 4.98 Å². The van der Waals surface area contributed by atoms with Crippen molar-refractivity contribution in [3.63, 3.8) is 0 Å². The molecule has 2 atom stereocenters. The van der Waals surface area contributed by atoms with E-state index in [0.717, 1.165) is 29.4 Å². The number of pyridine rings is 1. The first-order chi connectivity index (χ1) is 10.1. The molecule has 2 N–H and O–H groups in total. The Morgan fingerprint density at radius 3 is 2.73 bits per heavy atom. The predicted octanol–water partition coefficient (Wildman–Crippen LogP) is 4.87. The molecular weight excluding hydrogens is 292 g/mol. The molecule has 0 fully saturated rings. The second kappa shape index (κ2) is 5.58. The first-order valence-electron chi connectivity index (χ1n) is 8.01. The summed E-state index contributed by atoms with van der Waals surface area (Å²) in [6.45, 7) is 4.60. The van der Waals surface area contributed by atoms with Gasteiger partial charge in [-0.3, -0.25) is 4.98 Å². The number of nitrogens with two attached hydrogens (primary N) is 1. The Morgan fingerprint density at radius 1 is 1.18 bits per heavy atom. The Balaban J connectivity index is 0.00000144. The Hall–Kier alpha value is -1.54. The number of fused-ring (bicyclic) bond motifs is 5. The summed E-state index contributed by atoms with van der Waals surface area (Å²) < 4.78 is 0. The van der Waals surface area contributed by atoms with Crippen LogP contribution in [0.15, 0.2) is 35.9 Å². The minimum absolute atomic E-state index is 0. The lowest BCUT2D eigenvalue weighted by atomic mass is 9.69. The molecule has 2 bridgehead atoms. The van der Waals surface area contributed by atoms with Crippen LogP contribution < -0.4 is 5.73 Å². The van der Waals surface area contributed by atoms with Crippen molar-refractivity contribution >= 4 is 29.0 Å². The topological polar surface area (TPSA) is 38.9 Å². The predicted molar refractivity (Wildman–Crippen MR) is 95.5 cm³/mol. The van der Waals surface area contributed by atoms with Gasteiger partial charge in [0.25, 0.3) is 0 Å². The molecule has 2 aliphatic rings. The fourth-order valence-electron chi connectivity index (χ4n) is 4.13. The van der Waals surface area contributed by atoms with Gasteiger partial charge in [0.05, 0.1) is 5.52 Å². The van der Waals surface area contributed by atoms with Crippen molar-refractivity contribution in [3.8, 4) is 0 Å². The standard InChI is InChI=1S/C19H22N2.ClH/c1-11(2)13-7-12-8-14(10-13)18-17(9-12)21-16-6-4-3-5-15(16)19(18)20;/h3-7,11-12,14H,8-10H2,1-2H3,(H2,20,21);1H. The first kappa shape index (κ1) is 15.4. The van der Waals surface area contributed by atoms with Crippen molar-refractivity contribution < 1.29 is 0 Å². The average molecular weight is 315 g/mol. The number of hydrogen-bond acceptors (Lipinski definition) is 2. The molecule has 22 heavy (non-hydrogen) atoms. The van der Waals surface area contributed by atoms with Crippen molar-refractivity contribution in [2.45, 2.75) is 39.0 Å². The summed E-state index contributed by atoms with van der Waals surface area (Å²) in [5, 5.41) is 1.12. The summed E-state index contributed by atoms with van der Waals surface area (Å²) in [5.74, 6) is 1.87. The van der Waals surface area contributed by atoms with Crippen LogP contribution >= 0.6 is 12.4 Å². The molecule has 4 rings (SSSR count). The van der Waals surface area contributed by atoms with E-state index in [1.165, 1.54) is 17.7 Å². The van der Waals surface area contributed by atoms with E-state index >= 15 is 0 Å². The zero-order valence-corrected chi connectivity index (χ0v) is 14.0. The Kier molecular flexibility index (Phi) is 3.90. The molecule has 0 aliphatic heterocycles. The monoisotopic (exact) mass is 314 g/mol. The molecule has 2 unspecified atom stereocenters. The number of benzene rings is 1. The molecule has 0 saturated carbocycles. The van der Waals surface area contributed by atoms with E-state index < -0.39 is 0 Å². The number of nitrogens with zero attached hydrogens (tertiary/aromatic N) is 1. The lowest BCUT2D eigenvalue weighted by Gasteiger charge is -2.37. The Morgan fingerprint density at radius 2 is 1.95 bits per heavy atom. The number of anilines is 1. The van der Waals surface area contributed by atoms with Gasteiger partial charge < -0.3 is 5.73 Å². The smallest absolute Gasteiger partial charge is 0.0726 e. The van der Waals surface area contributed by atoms with Gasteiger partial charge in [-0.25, -0.2) is 0 Å². The second-order valence-electron chi connectivity index (χ2n) is 6.90. The van der Waals surface area contributed by atoms with Gasteiger partial charge in [0.1, 0.15) is 0 Å². The van der Waals surface area contributed by atoms with Crippen LogP contribution in [0, 0.1) is 11.8 Å². The maximum Gasteiger partial charge on any atom is 0.0726 e. The minimum atomic E-state index is 0. The highest BCUT2D eigenvalue weighted by molar-refractivity contribution is 5.92. The Bertz CT molecular complexity index is 748. The maximum atomic E-state index is 6.54. The van der Waals surface area contributed by atoms with Gasteiger partial charge in [0.2, 0.25) is 0 Å². The van der Waals surface area contributed by atoms with Crippen molar-refractivity contribution in [2.75, 3.05) is 5.73 Å². The third kappa shape index (κ3) is 2.30. The molecule has 2 aliphatic carbocycles. The summed E-state index contributed by atoms with van der Waals surface area (Å²) in [6.07, 6.45) is 5.97. The molecule has 1 heterocycles. The van der Waals surface area contributed by atoms with E-state index in [0.29, 0.717) is 17.8 Å². The number of allylic oxidation sites excluding steroid dienone is 2. The number of nitrogen functional groups attached to an aromatic ring is 1. The van der Waals surface area contributed by atoms with Crippen LogP contribution in [0.3, 0.4) is 0 Å². The first-order valence-corrected chi connectivity index (χ1v) is 8.01. The van der Waals surface area contributed by atoms with E-state index in [4.69, 9.17) is 10.7 Å². The molecule has 116 valence electrons. The van der Waals surface area contributed by atoms with Gasteiger partial charge in [-0.2, -0.15) is 0 Å². The molecule has 0 radical (unpaired) electrons. The summed E-state index contributed by atoms with van der Waals surface area (Å²) in [7, 11) is 0. The van der Waals surface area contributed by atoms with Crippen molar-refractivity contribution in [2.24, 2.45) is 11.8 Å². The molecule has 1 aromatic heterocycles. The molecule has 0 amide bonds. The highest BCUT2D eigenvalue weighted by atomic mass is 35.5. The molecule has 2 aromatic rings. The normalized spacial score (nSPS) is 23.0. The number of halogens is 1. The van der Waals surface area contributed by atoms with Gasteiger partial charge >= 0.3 is 0 Å². The third-order valence-corrected chi connectivity index (χ3v) is 5.18. The summed E-state index contributed by atoms with van der Waals surface area (Å²) >= 11 is 0. The van der Waals surface area contributed by atoms with Gasteiger partial charge in [0, 0.05) is 22.3 Å². The van der Waals surface area contributed by atoms with Crippen LogP contribution in [0.25, 0.3) is 10.9 Å². The molecular formula is C19H23ClN2. The van der Waals surface area contributed by atoms with E-state index in [1.807, 2.05) is 6.07 Å². The molecule has 0 spiro atoms. The quantitative estimate of drug-likeness (QED) is 0.763. The minimum Gasteiger partial charge on any atom is -0.398 e. The number of aromatic nitrogens is 1. The summed E-state index contributed by atoms with van der Waals surface area (Å²) in [5.41, 5.74) is 12.7.